The molecule has 0 radical (unpaired) electrons. The molecule has 0 fully saturated rings. The van der Waals surface area contributed by atoms with Crippen molar-refractivity contribution in [2.75, 3.05) is 0 Å². The third-order valence-electron chi connectivity index (χ3n) is 2.96. The number of hydrogen-bond acceptors (Lipinski definition) is 3. The molecule has 1 aromatic rings. The summed E-state index contributed by atoms with van der Waals surface area (Å²) in [7, 11) is 0. The van der Waals surface area contributed by atoms with Crippen LogP contribution < -0.4 is 0 Å². The highest BCUT2D eigenvalue weighted by atomic mass is 16.4. The van der Waals surface area contributed by atoms with Gasteiger partial charge < -0.3 is 9.77 Å². The number of allylic oxidation sites excluding steroid dienone is 4. The minimum atomic E-state index is 0.672. The van der Waals surface area contributed by atoms with Crippen molar-refractivity contribution in [3.05, 3.63) is 41.0 Å². The lowest BCUT2D eigenvalue weighted by Crippen LogP contribution is -2.01. The Morgan fingerprint density at radius 1 is 1.32 bits per heavy atom. The maximum atomic E-state index is 8.38. The van der Waals surface area contributed by atoms with Crippen LogP contribution in [0.2, 0.25) is 0 Å². The van der Waals surface area contributed by atoms with Gasteiger partial charge in [-0.05, 0) is 27.7 Å². The topological polar surface area (TPSA) is 50.4 Å². The monoisotopic (exact) mass is 303 g/mol. The van der Waals surface area contributed by atoms with Crippen molar-refractivity contribution in [2.24, 2.45) is 5.16 Å². The van der Waals surface area contributed by atoms with E-state index in [1.165, 1.54) is 22.9 Å². The van der Waals surface area contributed by atoms with Gasteiger partial charge in [-0.3, -0.25) is 0 Å². The lowest BCUT2D eigenvalue weighted by Gasteiger charge is -2.08. The number of aryl methyl sites for hydroxylation is 1. The van der Waals surface area contributed by atoms with Crippen LogP contribution in [-0.2, 0) is 6.54 Å². The van der Waals surface area contributed by atoms with E-state index in [2.05, 4.69) is 47.5 Å². The summed E-state index contributed by atoms with van der Waals surface area (Å²) in [4.78, 5) is 4.21. The Morgan fingerprint density at radius 3 is 2.36 bits per heavy atom. The van der Waals surface area contributed by atoms with Crippen LogP contribution in [0, 0.1) is 19.8 Å². The fourth-order valence-corrected chi connectivity index (χ4v) is 1.69. The number of hydrogen-bond donors (Lipinski definition) is 1. The van der Waals surface area contributed by atoms with Crippen molar-refractivity contribution >= 4 is 6.21 Å². The van der Waals surface area contributed by atoms with Crippen LogP contribution in [0.4, 0.5) is 0 Å². The molecular formula is C18H29N3O. The van der Waals surface area contributed by atoms with Gasteiger partial charge >= 0.3 is 0 Å². The zero-order valence-corrected chi connectivity index (χ0v) is 14.7. The number of terminal acetylenes is 1. The maximum Gasteiger partial charge on any atom is 0.105 e. The standard InChI is InChI=1S/C14H21N3O.C2H6.C2H2/c1-11(5-6-16-18)9-12(2)13(3)10-17-8-7-15-14(17)4;2*1-2/h6-9,18H,5,10H2,1-4H3;1-2H3;1-2H/b11-9-,13-12+,16-6+;;. The first-order valence-corrected chi connectivity index (χ1v) is 7.35. The molecule has 1 rings (SSSR count). The van der Waals surface area contributed by atoms with Crippen molar-refractivity contribution in [3.63, 3.8) is 0 Å². The molecule has 0 unspecified atom stereocenters. The Kier molecular flexibility index (Phi) is 13.7. The second-order valence-electron chi connectivity index (χ2n) is 4.56. The molecule has 1 N–H and O–H groups in total. The number of rotatable bonds is 5. The average Bonchev–Trinajstić information content (AvgIpc) is 2.94. The van der Waals surface area contributed by atoms with Crippen LogP contribution in [0.5, 0.6) is 0 Å². The highest BCUT2D eigenvalue weighted by Crippen LogP contribution is 2.12. The normalized spacial score (nSPS) is 11.9. The molecule has 0 amide bonds. The van der Waals surface area contributed by atoms with E-state index < -0.39 is 0 Å². The van der Waals surface area contributed by atoms with E-state index in [0.29, 0.717) is 6.42 Å². The van der Waals surface area contributed by atoms with E-state index >= 15 is 0 Å². The Bertz CT molecular complexity index is 519. The molecule has 1 heterocycles. The Hall–Kier alpha value is -2.28. The third kappa shape index (κ3) is 8.80. The van der Waals surface area contributed by atoms with E-state index in [4.69, 9.17) is 5.21 Å². The summed E-state index contributed by atoms with van der Waals surface area (Å²) in [6.45, 7) is 13.1. The fraction of sp³-hybridized carbons (Fsp3) is 0.444. The molecule has 0 aromatic carbocycles. The summed E-state index contributed by atoms with van der Waals surface area (Å²) in [5, 5.41) is 11.4. The molecule has 4 heteroatoms. The van der Waals surface area contributed by atoms with Crippen molar-refractivity contribution in [2.45, 2.75) is 54.5 Å². The van der Waals surface area contributed by atoms with Gasteiger partial charge in [-0.25, -0.2) is 4.98 Å². The van der Waals surface area contributed by atoms with Gasteiger partial charge in [0.1, 0.15) is 5.82 Å². The van der Waals surface area contributed by atoms with Crippen LogP contribution in [0.3, 0.4) is 0 Å². The highest BCUT2D eigenvalue weighted by Gasteiger charge is 2.00. The SMILES string of the molecule is C#C.C/C(=C/C(C)=C(\C)Cn1ccnc1C)C/C=N/O.CC. The van der Waals surface area contributed by atoms with Gasteiger partial charge in [0.15, 0.2) is 0 Å². The molecule has 22 heavy (non-hydrogen) atoms. The molecule has 0 bridgehead atoms. The summed E-state index contributed by atoms with van der Waals surface area (Å²) in [5.41, 5.74) is 3.72. The number of aromatic nitrogens is 2. The van der Waals surface area contributed by atoms with Gasteiger partial charge in [-0.2, -0.15) is 0 Å². The molecule has 0 saturated carbocycles. The molecular weight excluding hydrogens is 274 g/mol. The average molecular weight is 303 g/mol. The van der Waals surface area contributed by atoms with Gasteiger partial charge in [-0.1, -0.05) is 36.6 Å². The molecule has 0 spiro atoms. The van der Waals surface area contributed by atoms with E-state index in [1.807, 2.05) is 40.1 Å². The first-order valence-electron chi connectivity index (χ1n) is 7.35. The summed E-state index contributed by atoms with van der Waals surface area (Å²) < 4.78 is 2.12. The molecule has 0 aliphatic heterocycles. The molecule has 1 aromatic heterocycles. The van der Waals surface area contributed by atoms with Crippen molar-refractivity contribution in [1.29, 1.82) is 0 Å². The van der Waals surface area contributed by atoms with E-state index in [1.54, 1.807) is 0 Å². The molecule has 0 aliphatic rings. The Labute approximate surface area is 135 Å². The van der Waals surface area contributed by atoms with Gasteiger partial charge in [0.05, 0.1) is 0 Å². The van der Waals surface area contributed by atoms with Crippen LogP contribution in [0.25, 0.3) is 0 Å². The van der Waals surface area contributed by atoms with Crippen LogP contribution in [-0.4, -0.2) is 21.0 Å². The van der Waals surface area contributed by atoms with Crippen molar-refractivity contribution in [1.82, 2.24) is 9.55 Å². The van der Waals surface area contributed by atoms with Crippen LogP contribution in [0.1, 0.15) is 46.9 Å². The first-order chi connectivity index (χ1) is 10.5. The molecule has 0 aliphatic carbocycles. The fourth-order valence-electron chi connectivity index (χ4n) is 1.69. The molecule has 122 valence electrons. The van der Waals surface area contributed by atoms with Gasteiger partial charge in [0, 0.05) is 31.6 Å². The smallest absolute Gasteiger partial charge is 0.105 e. The number of nitrogens with zero attached hydrogens (tertiary/aromatic N) is 3. The Morgan fingerprint density at radius 2 is 1.91 bits per heavy atom. The predicted octanol–water partition coefficient (Wildman–Crippen LogP) is 4.60. The minimum Gasteiger partial charge on any atom is -0.411 e. The minimum absolute atomic E-state index is 0.672. The summed E-state index contributed by atoms with van der Waals surface area (Å²) in [5.74, 6) is 1.02. The second-order valence-corrected chi connectivity index (χ2v) is 4.56. The predicted molar refractivity (Wildman–Crippen MR) is 95.2 cm³/mol. The number of imidazole rings is 1. The summed E-state index contributed by atoms with van der Waals surface area (Å²) in [6, 6.07) is 0. The first kappa shape index (κ1) is 22.0. The molecule has 0 saturated heterocycles. The summed E-state index contributed by atoms with van der Waals surface area (Å²) >= 11 is 0. The van der Waals surface area contributed by atoms with Crippen molar-refractivity contribution < 1.29 is 5.21 Å². The summed E-state index contributed by atoms with van der Waals surface area (Å²) in [6.07, 6.45) is 16.1. The van der Waals surface area contributed by atoms with Crippen LogP contribution >= 0.6 is 0 Å². The number of oxime groups is 1. The van der Waals surface area contributed by atoms with Crippen molar-refractivity contribution in [3.8, 4) is 12.8 Å². The van der Waals surface area contributed by atoms with E-state index in [-0.39, 0.29) is 0 Å². The molecule has 4 nitrogen and oxygen atoms in total. The highest BCUT2D eigenvalue weighted by molar-refractivity contribution is 5.60. The lowest BCUT2D eigenvalue weighted by atomic mass is 10.1. The van der Waals surface area contributed by atoms with Gasteiger partial charge in [0.25, 0.3) is 0 Å². The second kappa shape index (κ2) is 13.7. The third-order valence-corrected chi connectivity index (χ3v) is 2.96. The quantitative estimate of drug-likeness (QED) is 0.284. The molecule has 0 atom stereocenters. The van der Waals surface area contributed by atoms with E-state index in [0.717, 1.165) is 12.4 Å². The zero-order chi connectivity index (χ0) is 17.5. The zero-order valence-electron chi connectivity index (χ0n) is 14.7. The van der Waals surface area contributed by atoms with Crippen LogP contribution in [0.15, 0.2) is 40.3 Å². The lowest BCUT2D eigenvalue weighted by molar-refractivity contribution is 0.321. The largest absolute Gasteiger partial charge is 0.411 e. The van der Waals surface area contributed by atoms with E-state index in [9.17, 15) is 0 Å². The van der Waals surface area contributed by atoms with Gasteiger partial charge in [-0.15, -0.1) is 18.0 Å². The van der Waals surface area contributed by atoms with Gasteiger partial charge in [0.2, 0.25) is 0 Å². The Balaban J connectivity index is 0. The maximum absolute atomic E-state index is 8.38.